The minimum Gasteiger partial charge on any atom is -0.494 e. The molecule has 0 aliphatic carbocycles. The van der Waals surface area contributed by atoms with Gasteiger partial charge in [-0.2, -0.15) is 0 Å². The second-order valence-corrected chi connectivity index (χ2v) is 8.32. The summed E-state index contributed by atoms with van der Waals surface area (Å²) < 4.78 is 23.6. The first-order chi connectivity index (χ1) is 12.2. The molecule has 2 rings (SSSR count). The Morgan fingerprint density at radius 1 is 0.769 bits per heavy atom. The molecule has 0 heterocycles. The van der Waals surface area contributed by atoms with Gasteiger partial charge in [-0.1, -0.05) is 58.9 Å². The van der Waals surface area contributed by atoms with Crippen LogP contribution in [0.4, 0.5) is 4.39 Å². The summed E-state index contributed by atoms with van der Waals surface area (Å²) in [6, 6.07) is 16.2. The Kier molecular flexibility index (Phi) is 6.69. The lowest BCUT2D eigenvalue weighted by atomic mass is 9.82. The maximum Gasteiger partial charge on any atom is 0.123 e. The molecule has 0 aliphatic rings. The van der Waals surface area contributed by atoms with E-state index >= 15 is 0 Å². The molecule has 0 unspecified atom stereocenters. The fourth-order valence-electron chi connectivity index (χ4n) is 2.78. The first kappa shape index (κ1) is 20.3. The van der Waals surface area contributed by atoms with Crippen LogP contribution in [-0.2, 0) is 10.8 Å². The summed E-state index contributed by atoms with van der Waals surface area (Å²) in [5, 5.41) is 0. The van der Waals surface area contributed by atoms with Crippen molar-refractivity contribution in [1.29, 1.82) is 0 Å². The zero-order chi connectivity index (χ0) is 19.2. The molecule has 0 spiro atoms. The summed E-state index contributed by atoms with van der Waals surface area (Å²) in [4.78, 5) is 0. The molecule has 0 N–H and O–H groups in total. The van der Waals surface area contributed by atoms with Gasteiger partial charge in [0.25, 0.3) is 0 Å². The summed E-state index contributed by atoms with van der Waals surface area (Å²) in [6.07, 6.45) is 0.876. The SMILES string of the molecule is CC(C)(C)c1ccc(OCCC(C)(C)c2cccc(OCCF)c2)cc1. The summed E-state index contributed by atoms with van der Waals surface area (Å²) >= 11 is 0. The molecule has 0 saturated heterocycles. The molecule has 0 aromatic heterocycles. The van der Waals surface area contributed by atoms with Gasteiger partial charge in [0.2, 0.25) is 0 Å². The smallest absolute Gasteiger partial charge is 0.123 e. The van der Waals surface area contributed by atoms with Crippen LogP contribution in [0, 0.1) is 0 Å². The molecule has 0 aliphatic heterocycles. The first-order valence-electron chi connectivity index (χ1n) is 9.25. The van der Waals surface area contributed by atoms with Crippen LogP contribution in [0.3, 0.4) is 0 Å². The van der Waals surface area contributed by atoms with Crippen molar-refractivity contribution in [2.24, 2.45) is 0 Å². The molecule has 2 aromatic rings. The van der Waals surface area contributed by atoms with Gasteiger partial charge >= 0.3 is 0 Å². The third-order valence-corrected chi connectivity index (χ3v) is 4.68. The van der Waals surface area contributed by atoms with Crippen LogP contribution in [0.5, 0.6) is 11.5 Å². The van der Waals surface area contributed by atoms with Gasteiger partial charge in [-0.25, -0.2) is 4.39 Å². The van der Waals surface area contributed by atoms with Gasteiger partial charge in [0.15, 0.2) is 0 Å². The minimum absolute atomic E-state index is 0.0551. The number of alkyl halides is 1. The van der Waals surface area contributed by atoms with Gasteiger partial charge in [-0.3, -0.25) is 0 Å². The Balaban J connectivity index is 1.93. The van der Waals surface area contributed by atoms with E-state index in [1.54, 1.807) is 0 Å². The lowest BCUT2D eigenvalue weighted by molar-refractivity contribution is 0.267. The van der Waals surface area contributed by atoms with E-state index in [4.69, 9.17) is 9.47 Å². The highest BCUT2D eigenvalue weighted by atomic mass is 19.1. The predicted molar refractivity (Wildman–Crippen MR) is 106 cm³/mol. The lowest BCUT2D eigenvalue weighted by Crippen LogP contribution is -2.20. The standard InChI is InChI=1S/C23H31FO2/c1-22(2,3)18-9-11-20(12-10-18)25-15-13-23(4,5)19-7-6-8-21(17-19)26-16-14-24/h6-12,17H,13-16H2,1-5H3. The molecule has 2 aromatic carbocycles. The minimum atomic E-state index is -0.477. The van der Waals surface area contributed by atoms with E-state index in [0.717, 1.165) is 12.2 Å². The van der Waals surface area contributed by atoms with Crippen LogP contribution in [-0.4, -0.2) is 19.9 Å². The molecule has 3 heteroatoms. The highest BCUT2D eigenvalue weighted by Gasteiger charge is 2.21. The second-order valence-electron chi connectivity index (χ2n) is 8.32. The van der Waals surface area contributed by atoms with Crippen molar-refractivity contribution in [1.82, 2.24) is 0 Å². The predicted octanol–water partition coefficient (Wildman–Crippen LogP) is 6.08. The van der Waals surface area contributed by atoms with Crippen molar-refractivity contribution in [3.8, 4) is 11.5 Å². The Labute approximate surface area is 157 Å². The zero-order valence-corrected chi connectivity index (χ0v) is 16.6. The summed E-state index contributed by atoms with van der Waals surface area (Å²) in [5.74, 6) is 1.61. The number of ether oxygens (including phenoxy) is 2. The summed E-state index contributed by atoms with van der Waals surface area (Å²) in [5.41, 5.74) is 2.56. The summed E-state index contributed by atoms with van der Waals surface area (Å²) in [7, 11) is 0. The quantitative estimate of drug-likeness (QED) is 0.569. The number of hydrogen-bond acceptors (Lipinski definition) is 2. The third kappa shape index (κ3) is 5.76. The van der Waals surface area contributed by atoms with Crippen molar-refractivity contribution in [3.05, 3.63) is 59.7 Å². The highest BCUT2D eigenvalue weighted by Crippen LogP contribution is 2.30. The van der Waals surface area contributed by atoms with Crippen LogP contribution >= 0.6 is 0 Å². The van der Waals surface area contributed by atoms with Gasteiger partial charge in [-0.05, 0) is 52.6 Å². The maximum atomic E-state index is 12.3. The zero-order valence-electron chi connectivity index (χ0n) is 16.6. The number of hydrogen-bond donors (Lipinski definition) is 0. The molecule has 0 radical (unpaired) electrons. The van der Waals surface area contributed by atoms with E-state index < -0.39 is 6.67 Å². The van der Waals surface area contributed by atoms with Crippen LogP contribution in [0.15, 0.2) is 48.5 Å². The molecule has 0 atom stereocenters. The Hall–Kier alpha value is -2.03. The molecular formula is C23H31FO2. The highest BCUT2D eigenvalue weighted by molar-refractivity contribution is 5.33. The monoisotopic (exact) mass is 358 g/mol. The van der Waals surface area contributed by atoms with E-state index in [1.165, 1.54) is 11.1 Å². The molecular weight excluding hydrogens is 327 g/mol. The molecule has 0 bridgehead atoms. The van der Waals surface area contributed by atoms with E-state index in [2.05, 4.69) is 52.8 Å². The van der Waals surface area contributed by atoms with Gasteiger partial charge in [0, 0.05) is 0 Å². The van der Waals surface area contributed by atoms with E-state index in [9.17, 15) is 4.39 Å². The Bertz CT molecular complexity index is 684. The Morgan fingerprint density at radius 3 is 2.04 bits per heavy atom. The van der Waals surface area contributed by atoms with Crippen molar-refractivity contribution >= 4 is 0 Å². The van der Waals surface area contributed by atoms with Crippen molar-refractivity contribution in [2.75, 3.05) is 19.9 Å². The number of halogens is 1. The van der Waals surface area contributed by atoms with E-state index in [-0.39, 0.29) is 17.4 Å². The molecule has 0 amide bonds. The lowest BCUT2D eigenvalue weighted by Gasteiger charge is -2.26. The third-order valence-electron chi connectivity index (χ3n) is 4.68. The normalized spacial score (nSPS) is 12.1. The van der Waals surface area contributed by atoms with E-state index in [1.807, 2.05) is 30.3 Å². The van der Waals surface area contributed by atoms with Crippen LogP contribution < -0.4 is 9.47 Å². The second kappa shape index (κ2) is 8.57. The average molecular weight is 358 g/mol. The molecule has 0 fully saturated rings. The topological polar surface area (TPSA) is 18.5 Å². The Morgan fingerprint density at radius 2 is 1.42 bits per heavy atom. The largest absolute Gasteiger partial charge is 0.494 e. The van der Waals surface area contributed by atoms with Crippen LogP contribution in [0.2, 0.25) is 0 Å². The molecule has 2 nitrogen and oxygen atoms in total. The van der Waals surface area contributed by atoms with Crippen molar-refractivity contribution < 1.29 is 13.9 Å². The fraction of sp³-hybridized carbons (Fsp3) is 0.478. The number of benzene rings is 2. The van der Waals surface area contributed by atoms with Crippen molar-refractivity contribution in [3.63, 3.8) is 0 Å². The first-order valence-corrected chi connectivity index (χ1v) is 9.25. The molecule has 142 valence electrons. The number of rotatable bonds is 8. The van der Waals surface area contributed by atoms with Gasteiger partial charge in [-0.15, -0.1) is 0 Å². The van der Waals surface area contributed by atoms with Gasteiger partial charge in [0.05, 0.1) is 6.61 Å². The van der Waals surface area contributed by atoms with Crippen LogP contribution in [0.1, 0.15) is 52.2 Å². The van der Waals surface area contributed by atoms with Gasteiger partial charge in [0.1, 0.15) is 24.8 Å². The van der Waals surface area contributed by atoms with Gasteiger partial charge < -0.3 is 9.47 Å². The van der Waals surface area contributed by atoms with Crippen LogP contribution in [0.25, 0.3) is 0 Å². The fourth-order valence-corrected chi connectivity index (χ4v) is 2.78. The summed E-state index contributed by atoms with van der Waals surface area (Å²) in [6.45, 7) is 11.2. The van der Waals surface area contributed by atoms with Crippen molar-refractivity contribution in [2.45, 2.75) is 51.9 Å². The van der Waals surface area contributed by atoms with E-state index in [0.29, 0.717) is 12.4 Å². The molecule has 26 heavy (non-hydrogen) atoms. The average Bonchev–Trinajstić information content (AvgIpc) is 2.60. The molecule has 0 saturated carbocycles. The maximum absolute atomic E-state index is 12.3.